The van der Waals surface area contributed by atoms with E-state index in [-0.39, 0.29) is 5.91 Å². The molecule has 0 atom stereocenters. The zero-order valence-corrected chi connectivity index (χ0v) is 20.5. The lowest BCUT2D eigenvalue weighted by molar-refractivity contribution is -0.115. The predicted molar refractivity (Wildman–Crippen MR) is 137 cm³/mol. The Morgan fingerprint density at radius 1 is 1.03 bits per heavy atom. The van der Waals surface area contributed by atoms with Crippen LogP contribution in [-0.4, -0.2) is 25.3 Å². The van der Waals surface area contributed by atoms with Gasteiger partial charge in [0, 0.05) is 10.6 Å². The molecule has 3 aromatic carbocycles. The van der Waals surface area contributed by atoms with Crippen molar-refractivity contribution in [3.63, 3.8) is 0 Å². The Kier molecular flexibility index (Phi) is 7.45. The van der Waals surface area contributed by atoms with E-state index in [1.807, 2.05) is 73.7 Å². The number of carbonyl (C=O) groups is 1. The summed E-state index contributed by atoms with van der Waals surface area (Å²) in [6.07, 6.45) is 1.82. The Bertz CT molecular complexity index is 1270. The van der Waals surface area contributed by atoms with Gasteiger partial charge in [0.15, 0.2) is 5.17 Å². The summed E-state index contributed by atoms with van der Waals surface area (Å²) in [5.74, 6) is 1.99. The largest absolute Gasteiger partial charge is 0.497 e. The fourth-order valence-electron chi connectivity index (χ4n) is 3.27. The molecule has 1 fully saturated rings. The normalized spacial score (nSPS) is 15.5. The van der Waals surface area contributed by atoms with Crippen LogP contribution in [0.15, 0.2) is 70.6 Å². The van der Waals surface area contributed by atoms with Crippen molar-refractivity contribution in [2.75, 3.05) is 14.2 Å². The number of hydrogen-bond acceptors (Lipinski definition) is 6. The molecule has 1 saturated heterocycles. The lowest BCUT2D eigenvalue weighted by Gasteiger charge is -2.12. The summed E-state index contributed by atoms with van der Waals surface area (Å²) in [7, 11) is 3.24. The van der Waals surface area contributed by atoms with Crippen molar-refractivity contribution in [2.24, 2.45) is 4.99 Å². The number of amidine groups is 1. The topological polar surface area (TPSA) is 69.2 Å². The van der Waals surface area contributed by atoms with Crippen LogP contribution in [0.2, 0.25) is 5.02 Å². The molecular formula is C26H23ClN2O4S. The van der Waals surface area contributed by atoms with Gasteiger partial charge in [-0.25, -0.2) is 4.99 Å². The predicted octanol–water partition coefficient (Wildman–Crippen LogP) is 6.14. The Balaban J connectivity index is 1.43. The van der Waals surface area contributed by atoms with E-state index in [4.69, 9.17) is 25.8 Å². The van der Waals surface area contributed by atoms with Crippen LogP contribution in [-0.2, 0) is 11.4 Å². The molecule has 0 unspecified atom stereocenters. The Labute approximate surface area is 207 Å². The highest BCUT2D eigenvalue weighted by Crippen LogP contribution is 2.31. The van der Waals surface area contributed by atoms with Crippen molar-refractivity contribution in [1.82, 2.24) is 5.32 Å². The van der Waals surface area contributed by atoms with Gasteiger partial charge in [0.2, 0.25) is 0 Å². The number of thioether (sulfide) groups is 1. The number of hydrogen-bond donors (Lipinski definition) is 1. The van der Waals surface area contributed by atoms with Crippen LogP contribution in [0, 0.1) is 6.92 Å². The minimum absolute atomic E-state index is 0.186. The Morgan fingerprint density at radius 3 is 2.53 bits per heavy atom. The van der Waals surface area contributed by atoms with Crippen molar-refractivity contribution in [3.05, 3.63) is 87.3 Å². The maximum absolute atomic E-state index is 12.4. The summed E-state index contributed by atoms with van der Waals surface area (Å²) in [6.45, 7) is 2.23. The van der Waals surface area contributed by atoms with Crippen molar-refractivity contribution in [2.45, 2.75) is 13.5 Å². The zero-order chi connectivity index (χ0) is 24.1. The van der Waals surface area contributed by atoms with Crippen LogP contribution >= 0.6 is 23.4 Å². The van der Waals surface area contributed by atoms with Gasteiger partial charge in [-0.05, 0) is 78.4 Å². The number of ether oxygens (including phenoxy) is 3. The van der Waals surface area contributed by atoms with Crippen molar-refractivity contribution >= 4 is 46.2 Å². The third kappa shape index (κ3) is 5.55. The van der Waals surface area contributed by atoms with Gasteiger partial charge in [-0.3, -0.25) is 4.79 Å². The minimum Gasteiger partial charge on any atom is -0.497 e. The first-order valence-corrected chi connectivity index (χ1v) is 11.6. The standard InChI is InChI=1S/C26H23ClN2O4S/c1-16-21(27)5-4-6-22(16)28-26-29-25(30)24(34-26)13-17-7-9-19(10-8-17)33-15-18-14-20(31-2)11-12-23(18)32-3/h4-14H,15H2,1-3H3,(H,28,29,30)/b24-13-. The van der Waals surface area contributed by atoms with Crippen molar-refractivity contribution < 1.29 is 19.0 Å². The van der Waals surface area contributed by atoms with E-state index in [1.165, 1.54) is 11.8 Å². The summed E-state index contributed by atoms with van der Waals surface area (Å²) < 4.78 is 16.6. The highest BCUT2D eigenvalue weighted by molar-refractivity contribution is 8.18. The van der Waals surface area contributed by atoms with Gasteiger partial charge >= 0.3 is 0 Å². The van der Waals surface area contributed by atoms with E-state index >= 15 is 0 Å². The van der Waals surface area contributed by atoms with Gasteiger partial charge < -0.3 is 19.5 Å². The number of amides is 1. The third-order valence-corrected chi connectivity index (χ3v) is 6.49. The number of carbonyl (C=O) groups excluding carboxylic acids is 1. The molecule has 0 aromatic heterocycles. The van der Waals surface area contributed by atoms with Gasteiger partial charge in [0.05, 0.1) is 24.8 Å². The van der Waals surface area contributed by atoms with E-state index in [0.717, 1.165) is 33.9 Å². The average Bonchev–Trinajstić information content (AvgIpc) is 3.19. The van der Waals surface area contributed by atoms with Gasteiger partial charge in [0.25, 0.3) is 5.91 Å². The van der Waals surface area contributed by atoms with Crippen LogP contribution in [0.3, 0.4) is 0 Å². The molecule has 1 amide bonds. The molecule has 0 saturated carbocycles. The van der Waals surface area contributed by atoms with Crippen LogP contribution in [0.25, 0.3) is 6.08 Å². The monoisotopic (exact) mass is 494 g/mol. The van der Waals surface area contributed by atoms with Crippen molar-refractivity contribution in [3.8, 4) is 17.2 Å². The maximum Gasteiger partial charge on any atom is 0.264 e. The van der Waals surface area contributed by atoms with Gasteiger partial charge in [-0.15, -0.1) is 0 Å². The number of aliphatic imine (C=N–C) groups is 1. The number of rotatable bonds is 7. The number of halogens is 1. The molecule has 0 aliphatic carbocycles. The summed E-state index contributed by atoms with van der Waals surface area (Å²) in [4.78, 5) is 17.5. The lowest BCUT2D eigenvalue weighted by atomic mass is 10.2. The quantitative estimate of drug-likeness (QED) is 0.400. The SMILES string of the molecule is COc1ccc(OC)c(COc2ccc(/C=C3\SC(=Nc4cccc(Cl)c4C)NC3=O)cc2)c1. The van der Waals surface area contributed by atoms with Crippen molar-refractivity contribution in [1.29, 1.82) is 0 Å². The highest BCUT2D eigenvalue weighted by Gasteiger charge is 2.24. The molecular weight excluding hydrogens is 472 g/mol. The van der Waals surface area contributed by atoms with Gasteiger partial charge in [0.1, 0.15) is 23.9 Å². The third-order valence-electron chi connectivity index (χ3n) is 5.17. The van der Waals surface area contributed by atoms with Crippen LogP contribution in [0.4, 0.5) is 5.69 Å². The summed E-state index contributed by atoms with van der Waals surface area (Å²) in [6, 6.07) is 18.6. The molecule has 1 heterocycles. The summed E-state index contributed by atoms with van der Waals surface area (Å²) in [5, 5.41) is 3.97. The minimum atomic E-state index is -0.186. The molecule has 4 rings (SSSR count). The van der Waals surface area contributed by atoms with E-state index in [9.17, 15) is 4.79 Å². The van der Waals surface area contributed by atoms with E-state index in [0.29, 0.717) is 27.5 Å². The molecule has 1 aliphatic heterocycles. The maximum atomic E-state index is 12.4. The van der Waals surface area contributed by atoms with Crippen LogP contribution in [0.5, 0.6) is 17.2 Å². The first-order valence-electron chi connectivity index (χ1n) is 10.5. The number of methoxy groups -OCH3 is 2. The molecule has 6 nitrogen and oxygen atoms in total. The molecule has 0 bridgehead atoms. The van der Waals surface area contributed by atoms with E-state index < -0.39 is 0 Å². The fourth-order valence-corrected chi connectivity index (χ4v) is 4.28. The Hall–Kier alpha value is -3.42. The molecule has 1 aliphatic rings. The molecule has 0 spiro atoms. The first-order chi connectivity index (χ1) is 16.5. The van der Waals surface area contributed by atoms with Crippen LogP contribution < -0.4 is 19.5 Å². The lowest BCUT2D eigenvalue weighted by Crippen LogP contribution is -2.19. The second-order valence-corrected chi connectivity index (χ2v) is 8.84. The molecule has 1 N–H and O–H groups in total. The molecule has 174 valence electrons. The van der Waals surface area contributed by atoms with E-state index in [2.05, 4.69) is 10.3 Å². The van der Waals surface area contributed by atoms with Gasteiger partial charge in [-0.2, -0.15) is 0 Å². The van der Waals surface area contributed by atoms with Crippen LogP contribution in [0.1, 0.15) is 16.7 Å². The molecule has 3 aromatic rings. The second-order valence-electron chi connectivity index (χ2n) is 7.40. The first kappa shape index (κ1) is 23.7. The summed E-state index contributed by atoms with van der Waals surface area (Å²) >= 11 is 7.46. The fraction of sp³-hybridized carbons (Fsp3) is 0.154. The molecule has 34 heavy (non-hydrogen) atoms. The highest BCUT2D eigenvalue weighted by atomic mass is 35.5. The number of benzene rings is 3. The smallest absolute Gasteiger partial charge is 0.264 e. The zero-order valence-electron chi connectivity index (χ0n) is 18.9. The van der Waals surface area contributed by atoms with E-state index in [1.54, 1.807) is 14.2 Å². The Morgan fingerprint density at radius 2 is 1.79 bits per heavy atom. The molecule has 0 radical (unpaired) electrons. The van der Waals surface area contributed by atoms with Gasteiger partial charge in [-0.1, -0.05) is 29.8 Å². The number of nitrogens with one attached hydrogen (secondary N) is 1. The number of nitrogens with zero attached hydrogens (tertiary/aromatic N) is 1. The summed E-state index contributed by atoms with van der Waals surface area (Å²) in [5.41, 5.74) is 3.36. The second kappa shape index (κ2) is 10.7. The average molecular weight is 495 g/mol. The molecule has 8 heteroatoms.